The zero-order valence-corrected chi connectivity index (χ0v) is 9.21. The van der Waals surface area contributed by atoms with Crippen LogP contribution in [0.3, 0.4) is 0 Å². The van der Waals surface area contributed by atoms with Gasteiger partial charge in [-0.05, 0) is 25.2 Å². The van der Waals surface area contributed by atoms with Crippen molar-refractivity contribution in [1.29, 1.82) is 0 Å². The van der Waals surface area contributed by atoms with Crippen LogP contribution in [-0.2, 0) is 9.59 Å². The Morgan fingerprint density at radius 2 is 1.79 bits per heavy atom. The number of rotatable bonds is 0. The third-order valence-corrected chi connectivity index (χ3v) is 3.10. The Morgan fingerprint density at radius 1 is 1.07 bits per heavy atom. The molecule has 0 saturated heterocycles. The summed E-state index contributed by atoms with van der Waals surface area (Å²) in [4.78, 5) is 21.0. The Labute approximate surface area is 86.1 Å². The van der Waals surface area contributed by atoms with Crippen molar-refractivity contribution in [3.8, 4) is 0 Å². The molecule has 2 heteroatoms. The third kappa shape index (κ3) is 3.60. The first kappa shape index (κ1) is 11.4. The van der Waals surface area contributed by atoms with Crippen molar-refractivity contribution in [2.75, 3.05) is 0 Å². The summed E-state index contributed by atoms with van der Waals surface area (Å²) < 4.78 is 0. The summed E-state index contributed by atoms with van der Waals surface area (Å²) >= 11 is 0. The molecule has 14 heavy (non-hydrogen) atoms. The first-order valence-electron chi connectivity index (χ1n) is 5.64. The van der Waals surface area contributed by atoms with Crippen LogP contribution in [0.25, 0.3) is 0 Å². The van der Waals surface area contributed by atoms with Gasteiger partial charge >= 0.3 is 0 Å². The largest absolute Gasteiger partial charge is 0.300 e. The van der Waals surface area contributed by atoms with Gasteiger partial charge in [-0.1, -0.05) is 13.8 Å². The summed E-state index contributed by atoms with van der Waals surface area (Å²) in [5, 5.41) is 0. The second-order valence-electron chi connectivity index (χ2n) is 4.65. The molecule has 2 atom stereocenters. The van der Waals surface area contributed by atoms with Gasteiger partial charge in [0.25, 0.3) is 0 Å². The van der Waals surface area contributed by atoms with Crippen LogP contribution in [0.1, 0.15) is 52.4 Å². The van der Waals surface area contributed by atoms with Gasteiger partial charge < -0.3 is 0 Å². The maximum Gasteiger partial charge on any atom is 0.135 e. The van der Waals surface area contributed by atoms with Crippen molar-refractivity contribution in [3.63, 3.8) is 0 Å². The first-order valence-corrected chi connectivity index (χ1v) is 5.64. The lowest BCUT2D eigenvalue weighted by atomic mass is 10.1. The standard InChI is InChI=1S/2C6H10O/c1-5-2-3-6(7)4-5;1-5-3-2-4-6(5)7/h2*5H,2-4H2,1H3. The van der Waals surface area contributed by atoms with Crippen LogP contribution in [0, 0.1) is 11.8 Å². The zero-order chi connectivity index (χ0) is 10.6. The lowest BCUT2D eigenvalue weighted by molar-refractivity contribution is -0.120. The number of hydrogen-bond donors (Lipinski definition) is 0. The van der Waals surface area contributed by atoms with Crippen molar-refractivity contribution in [1.82, 2.24) is 0 Å². The van der Waals surface area contributed by atoms with Gasteiger partial charge in [-0.2, -0.15) is 0 Å². The summed E-state index contributed by atoms with van der Waals surface area (Å²) in [5.41, 5.74) is 0. The number of carbonyl (C=O) groups excluding carboxylic acids is 2. The van der Waals surface area contributed by atoms with Gasteiger partial charge in [-0.25, -0.2) is 0 Å². The van der Waals surface area contributed by atoms with E-state index in [1.54, 1.807) is 0 Å². The van der Waals surface area contributed by atoms with Crippen molar-refractivity contribution < 1.29 is 9.59 Å². The average molecular weight is 196 g/mol. The van der Waals surface area contributed by atoms with Crippen molar-refractivity contribution in [3.05, 3.63) is 0 Å². The molecule has 0 aromatic rings. The van der Waals surface area contributed by atoms with Crippen molar-refractivity contribution in [2.45, 2.75) is 52.4 Å². The van der Waals surface area contributed by atoms with E-state index in [1.165, 1.54) is 0 Å². The molecule has 2 nitrogen and oxygen atoms in total. The predicted molar refractivity (Wildman–Crippen MR) is 56.0 cm³/mol. The molecule has 2 rings (SSSR count). The average Bonchev–Trinajstić information content (AvgIpc) is 2.65. The molecule has 2 unspecified atom stereocenters. The van der Waals surface area contributed by atoms with E-state index in [-0.39, 0.29) is 0 Å². The minimum Gasteiger partial charge on any atom is -0.300 e. The van der Waals surface area contributed by atoms with Crippen LogP contribution in [0.15, 0.2) is 0 Å². The summed E-state index contributed by atoms with van der Waals surface area (Å²) in [6, 6.07) is 0. The fourth-order valence-corrected chi connectivity index (χ4v) is 1.99. The van der Waals surface area contributed by atoms with Gasteiger partial charge in [0.05, 0.1) is 0 Å². The Kier molecular flexibility index (Phi) is 4.30. The molecule has 0 heterocycles. The highest BCUT2D eigenvalue weighted by atomic mass is 16.1. The van der Waals surface area contributed by atoms with E-state index >= 15 is 0 Å². The maximum atomic E-state index is 10.6. The molecule has 0 amide bonds. The van der Waals surface area contributed by atoms with E-state index in [2.05, 4.69) is 6.92 Å². The Balaban J connectivity index is 0.000000140. The molecule has 0 N–H and O–H groups in total. The second kappa shape index (κ2) is 5.28. The van der Waals surface area contributed by atoms with E-state index in [0.717, 1.165) is 38.5 Å². The topological polar surface area (TPSA) is 34.1 Å². The van der Waals surface area contributed by atoms with Crippen LogP contribution < -0.4 is 0 Å². The van der Waals surface area contributed by atoms with Gasteiger partial charge in [0.15, 0.2) is 0 Å². The zero-order valence-electron chi connectivity index (χ0n) is 9.21. The predicted octanol–water partition coefficient (Wildman–Crippen LogP) is 2.75. The van der Waals surface area contributed by atoms with Crippen molar-refractivity contribution in [2.24, 2.45) is 11.8 Å². The van der Waals surface area contributed by atoms with Gasteiger partial charge in [0.1, 0.15) is 11.6 Å². The molecule has 2 saturated carbocycles. The highest BCUT2D eigenvalue weighted by molar-refractivity contribution is 5.82. The molecular weight excluding hydrogens is 176 g/mol. The quantitative estimate of drug-likeness (QED) is 0.597. The van der Waals surface area contributed by atoms with Crippen LogP contribution >= 0.6 is 0 Å². The van der Waals surface area contributed by atoms with Gasteiger partial charge in [0, 0.05) is 25.2 Å². The highest BCUT2D eigenvalue weighted by Crippen LogP contribution is 2.20. The van der Waals surface area contributed by atoms with E-state index < -0.39 is 0 Å². The Hall–Kier alpha value is -0.660. The molecule has 0 aliphatic heterocycles. The lowest BCUT2D eigenvalue weighted by Crippen LogP contribution is -1.98. The molecule has 0 aromatic heterocycles. The van der Waals surface area contributed by atoms with E-state index in [9.17, 15) is 9.59 Å². The van der Waals surface area contributed by atoms with Gasteiger partial charge in [0.2, 0.25) is 0 Å². The van der Waals surface area contributed by atoms with Crippen LogP contribution in [0.2, 0.25) is 0 Å². The van der Waals surface area contributed by atoms with E-state index in [4.69, 9.17) is 0 Å². The number of carbonyl (C=O) groups is 2. The van der Waals surface area contributed by atoms with Gasteiger partial charge in [-0.3, -0.25) is 9.59 Å². The number of hydrogen-bond acceptors (Lipinski definition) is 2. The monoisotopic (exact) mass is 196 g/mol. The molecule has 2 aliphatic rings. The third-order valence-electron chi connectivity index (χ3n) is 3.10. The fraction of sp³-hybridized carbons (Fsp3) is 0.833. The van der Waals surface area contributed by atoms with Crippen molar-refractivity contribution >= 4 is 11.6 Å². The minimum atomic E-state index is 0.375. The molecule has 80 valence electrons. The number of Topliss-reactive ketones (excluding diaryl/α,β-unsaturated/α-hetero) is 2. The smallest absolute Gasteiger partial charge is 0.135 e. The maximum absolute atomic E-state index is 10.6. The Bertz CT molecular complexity index is 220. The molecule has 0 radical (unpaired) electrons. The molecule has 0 spiro atoms. The molecule has 0 bridgehead atoms. The van der Waals surface area contributed by atoms with E-state index in [1.807, 2.05) is 6.92 Å². The molecule has 2 fully saturated rings. The molecule has 0 aromatic carbocycles. The Morgan fingerprint density at radius 3 is 1.93 bits per heavy atom. The first-order chi connectivity index (χ1) is 6.59. The summed E-state index contributed by atoms with van der Waals surface area (Å²) in [5.74, 6) is 1.96. The summed E-state index contributed by atoms with van der Waals surface area (Å²) in [6.45, 7) is 4.14. The summed E-state index contributed by atoms with van der Waals surface area (Å²) in [6.07, 6.45) is 5.88. The minimum absolute atomic E-state index is 0.375. The highest BCUT2D eigenvalue weighted by Gasteiger charge is 2.18. The van der Waals surface area contributed by atoms with Gasteiger partial charge in [-0.15, -0.1) is 0 Å². The molecular formula is C12H20O2. The fourth-order valence-electron chi connectivity index (χ4n) is 1.99. The number of ketones is 2. The van der Waals surface area contributed by atoms with Crippen LogP contribution in [0.5, 0.6) is 0 Å². The molecule has 2 aliphatic carbocycles. The lowest BCUT2D eigenvalue weighted by Gasteiger charge is -1.91. The van der Waals surface area contributed by atoms with E-state index in [0.29, 0.717) is 23.4 Å². The normalized spacial score (nSPS) is 31.6. The summed E-state index contributed by atoms with van der Waals surface area (Å²) in [7, 11) is 0. The second-order valence-corrected chi connectivity index (χ2v) is 4.65. The van der Waals surface area contributed by atoms with Crippen LogP contribution in [-0.4, -0.2) is 11.6 Å². The SMILES string of the molecule is CC1CCC(=O)C1.CC1CCCC1=O. The van der Waals surface area contributed by atoms with Crippen LogP contribution in [0.4, 0.5) is 0 Å².